The van der Waals surface area contributed by atoms with Crippen molar-refractivity contribution >= 4 is 11.6 Å². The summed E-state index contributed by atoms with van der Waals surface area (Å²) in [5, 5.41) is -1.59. The van der Waals surface area contributed by atoms with E-state index in [0.717, 1.165) is 11.3 Å². The number of H-pyrrole nitrogens is 1. The van der Waals surface area contributed by atoms with Gasteiger partial charge in [0, 0.05) is 31.4 Å². The van der Waals surface area contributed by atoms with Crippen LogP contribution in [0.25, 0.3) is 0 Å². The van der Waals surface area contributed by atoms with Crippen molar-refractivity contribution in [2.75, 3.05) is 0 Å². The van der Waals surface area contributed by atoms with Crippen molar-refractivity contribution in [3.05, 3.63) is 47.8 Å². The number of rotatable bonds is 3. The first-order chi connectivity index (χ1) is 8.15. The predicted molar refractivity (Wildman–Crippen MR) is 62.7 cm³/mol. The predicted octanol–water partition coefficient (Wildman–Crippen LogP) is 2.79. The van der Waals surface area contributed by atoms with E-state index in [1.54, 1.807) is 18.6 Å². The highest BCUT2D eigenvalue weighted by Crippen LogP contribution is 2.56. The summed E-state index contributed by atoms with van der Waals surface area (Å²) in [6.07, 6.45) is 6.36. The molecular formula is C12H11ClFN3. The van der Waals surface area contributed by atoms with Gasteiger partial charge in [-0.1, -0.05) is 11.6 Å². The maximum atomic E-state index is 13.3. The normalized spacial score (nSPS) is 27.1. The molecule has 1 aliphatic carbocycles. The van der Waals surface area contributed by atoms with Gasteiger partial charge in [-0.05, 0) is 17.7 Å². The van der Waals surface area contributed by atoms with Gasteiger partial charge in [-0.3, -0.25) is 4.98 Å². The van der Waals surface area contributed by atoms with Gasteiger partial charge >= 0.3 is 0 Å². The van der Waals surface area contributed by atoms with Crippen molar-refractivity contribution in [2.45, 2.75) is 23.9 Å². The first-order valence-corrected chi connectivity index (χ1v) is 5.84. The summed E-state index contributed by atoms with van der Waals surface area (Å²) in [7, 11) is 0. The maximum Gasteiger partial charge on any atom is 0.194 e. The Morgan fingerprint density at radius 2 is 2.18 bits per heavy atom. The highest BCUT2D eigenvalue weighted by Gasteiger charge is 2.56. The molecule has 17 heavy (non-hydrogen) atoms. The average molecular weight is 252 g/mol. The Hall–Kier alpha value is -1.42. The van der Waals surface area contributed by atoms with E-state index in [4.69, 9.17) is 11.6 Å². The zero-order valence-corrected chi connectivity index (χ0v) is 9.78. The molecule has 0 unspecified atom stereocenters. The number of nitrogens with one attached hydrogen (secondary N) is 1. The average Bonchev–Trinajstić information content (AvgIpc) is 2.74. The van der Waals surface area contributed by atoms with Crippen LogP contribution in [0.3, 0.4) is 0 Å². The van der Waals surface area contributed by atoms with Crippen LogP contribution in [0, 0.1) is 0 Å². The summed E-state index contributed by atoms with van der Waals surface area (Å²) in [5.74, 6) is 0.363. The zero-order chi connectivity index (χ0) is 11.9. The first kappa shape index (κ1) is 10.7. The Labute approximate surface area is 103 Å². The van der Waals surface area contributed by atoms with E-state index >= 15 is 0 Å². The van der Waals surface area contributed by atoms with E-state index in [9.17, 15) is 4.39 Å². The van der Waals surface area contributed by atoms with Gasteiger partial charge in [-0.15, -0.1) is 0 Å². The number of alkyl halides is 2. The Kier molecular flexibility index (Phi) is 2.40. The second kappa shape index (κ2) is 3.81. The van der Waals surface area contributed by atoms with Gasteiger partial charge in [-0.2, -0.15) is 0 Å². The van der Waals surface area contributed by atoms with E-state index in [2.05, 4.69) is 15.0 Å². The van der Waals surface area contributed by atoms with Crippen molar-refractivity contribution in [3.8, 4) is 0 Å². The van der Waals surface area contributed by atoms with Crippen LogP contribution in [0.4, 0.5) is 4.39 Å². The van der Waals surface area contributed by atoms with Crippen molar-refractivity contribution in [2.24, 2.45) is 0 Å². The third kappa shape index (κ3) is 2.17. The molecule has 3 nitrogen and oxygen atoms in total. The molecule has 0 bridgehead atoms. The minimum absolute atomic E-state index is 0.282. The summed E-state index contributed by atoms with van der Waals surface area (Å²) in [4.78, 5) is 11.3. The number of nitrogens with zero attached hydrogens (tertiary/aromatic N) is 2. The fourth-order valence-corrected chi connectivity index (χ4v) is 2.12. The third-order valence-corrected chi connectivity index (χ3v) is 3.36. The Morgan fingerprint density at radius 3 is 2.82 bits per heavy atom. The van der Waals surface area contributed by atoms with Crippen molar-refractivity contribution in [3.63, 3.8) is 0 Å². The first-order valence-electron chi connectivity index (χ1n) is 5.46. The van der Waals surface area contributed by atoms with Gasteiger partial charge in [-0.25, -0.2) is 9.37 Å². The van der Waals surface area contributed by atoms with Gasteiger partial charge in [0.05, 0.1) is 11.6 Å². The Balaban J connectivity index is 1.74. The molecule has 0 saturated heterocycles. The quantitative estimate of drug-likeness (QED) is 0.853. The van der Waals surface area contributed by atoms with Crippen molar-refractivity contribution in [1.29, 1.82) is 0 Å². The number of aromatic amines is 1. The smallest absolute Gasteiger partial charge is 0.194 e. The molecule has 3 rings (SSSR count). The molecule has 2 atom stereocenters. The van der Waals surface area contributed by atoms with E-state index in [1.165, 1.54) is 0 Å². The lowest BCUT2D eigenvalue weighted by Gasteiger charge is -1.96. The Morgan fingerprint density at radius 1 is 1.47 bits per heavy atom. The van der Waals surface area contributed by atoms with Crippen LogP contribution >= 0.6 is 11.6 Å². The third-order valence-electron chi connectivity index (χ3n) is 2.94. The van der Waals surface area contributed by atoms with Crippen LogP contribution in [0.15, 0.2) is 30.7 Å². The molecule has 1 fully saturated rings. The topological polar surface area (TPSA) is 41.6 Å². The number of aromatic nitrogens is 3. The summed E-state index contributed by atoms with van der Waals surface area (Å²) >= 11 is 5.58. The fourth-order valence-electron chi connectivity index (χ4n) is 1.87. The number of hydrogen-bond donors (Lipinski definition) is 1. The largest absolute Gasteiger partial charge is 0.348 e. The van der Waals surface area contributed by atoms with Crippen LogP contribution in [-0.4, -0.2) is 20.1 Å². The van der Waals surface area contributed by atoms with Crippen LogP contribution in [0.5, 0.6) is 0 Å². The van der Waals surface area contributed by atoms with E-state index in [1.807, 2.05) is 12.1 Å². The lowest BCUT2D eigenvalue weighted by molar-refractivity contribution is 0.414. The second-order valence-corrected chi connectivity index (χ2v) is 4.96. The van der Waals surface area contributed by atoms with Crippen LogP contribution in [0.2, 0.25) is 0 Å². The molecule has 88 valence electrons. The van der Waals surface area contributed by atoms with E-state index in [0.29, 0.717) is 18.7 Å². The summed E-state index contributed by atoms with van der Waals surface area (Å²) in [6.45, 7) is 0. The van der Waals surface area contributed by atoms with E-state index in [-0.39, 0.29) is 5.92 Å². The second-order valence-electron chi connectivity index (χ2n) is 4.33. The number of pyridine rings is 1. The lowest BCUT2D eigenvalue weighted by Crippen LogP contribution is -1.94. The monoisotopic (exact) mass is 251 g/mol. The molecule has 1 aliphatic rings. The van der Waals surface area contributed by atoms with Gasteiger partial charge in [0.1, 0.15) is 5.82 Å². The van der Waals surface area contributed by atoms with Gasteiger partial charge in [0.15, 0.2) is 5.13 Å². The number of halogens is 2. The highest BCUT2D eigenvalue weighted by molar-refractivity contribution is 6.25. The van der Waals surface area contributed by atoms with Crippen LogP contribution in [0.1, 0.15) is 29.4 Å². The zero-order valence-electron chi connectivity index (χ0n) is 9.03. The Bertz CT molecular complexity index is 524. The van der Waals surface area contributed by atoms with Crippen LogP contribution < -0.4 is 0 Å². The minimum atomic E-state index is -1.59. The van der Waals surface area contributed by atoms with Gasteiger partial charge < -0.3 is 4.98 Å². The SMILES string of the molecule is F[C@]1(Cl)C[C@@H]1c1nc(Cc2ccncc2)c[nH]1. The molecule has 1 N–H and O–H groups in total. The number of hydrogen-bond acceptors (Lipinski definition) is 2. The van der Waals surface area contributed by atoms with E-state index < -0.39 is 5.13 Å². The summed E-state index contributed by atoms with van der Waals surface area (Å²) < 4.78 is 13.3. The number of imidazole rings is 1. The summed E-state index contributed by atoms with van der Waals surface area (Å²) in [5.41, 5.74) is 2.02. The standard InChI is InChI=1S/C12H11ClFN3/c13-12(14)6-10(12)11-16-7-9(17-11)5-8-1-3-15-4-2-8/h1-4,7,10H,5-6H2,(H,16,17)/t10-,12-/m1/s1. The summed E-state index contributed by atoms with van der Waals surface area (Å²) in [6, 6.07) is 3.87. The van der Waals surface area contributed by atoms with Crippen LogP contribution in [-0.2, 0) is 6.42 Å². The molecule has 0 amide bonds. The molecule has 0 aromatic carbocycles. The molecule has 2 heterocycles. The molecule has 2 aromatic rings. The van der Waals surface area contributed by atoms with Gasteiger partial charge in [0.2, 0.25) is 0 Å². The fraction of sp³-hybridized carbons (Fsp3) is 0.333. The molecule has 0 aliphatic heterocycles. The molecule has 0 spiro atoms. The van der Waals surface area contributed by atoms with Gasteiger partial charge in [0.25, 0.3) is 0 Å². The molecule has 2 aromatic heterocycles. The minimum Gasteiger partial charge on any atom is -0.348 e. The molecule has 0 radical (unpaired) electrons. The lowest BCUT2D eigenvalue weighted by atomic mass is 10.2. The highest BCUT2D eigenvalue weighted by atomic mass is 35.5. The molecule has 5 heteroatoms. The van der Waals surface area contributed by atoms with Crippen molar-refractivity contribution in [1.82, 2.24) is 15.0 Å². The van der Waals surface area contributed by atoms with Crippen molar-refractivity contribution < 1.29 is 4.39 Å². The maximum absolute atomic E-state index is 13.3. The molecule has 1 saturated carbocycles. The molecular weight excluding hydrogens is 241 g/mol.